The number of aliphatic hydroxyl groups is 1. The zero-order valence-electron chi connectivity index (χ0n) is 18.7. The summed E-state index contributed by atoms with van der Waals surface area (Å²) in [5.41, 5.74) is -0.173. The van der Waals surface area contributed by atoms with E-state index in [0.29, 0.717) is 35.7 Å². The van der Waals surface area contributed by atoms with Crippen molar-refractivity contribution in [3.05, 3.63) is 12.2 Å². The van der Waals surface area contributed by atoms with Crippen molar-refractivity contribution in [1.82, 2.24) is 5.32 Å². The Morgan fingerprint density at radius 1 is 1.00 bits per heavy atom. The second-order valence-corrected chi connectivity index (χ2v) is 11.6. The lowest BCUT2D eigenvalue weighted by atomic mass is 9.42. The summed E-state index contributed by atoms with van der Waals surface area (Å²) in [6, 6.07) is 0. The van der Waals surface area contributed by atoms with Gasteiger partial charge in [0.1, 0.15) is 11.6 Å². The molecule has 5 rings (SSSR count). The fourth-order valence-electron chi connectivity index (χ4n) is 8.52. The minimum absolute atomic E-state index is 0.00902. The van der Waals surface area contributed by atoms with Gasteiger partial charge in [0, 0.05) is 30.2 Å². The molecule has 0 amide bonds. The molecule has 0 aromatic heterocycles. The number of allylic oxidation sites excluding steroid dienone is 1. The Morgan fingerprint density at radius 3 is 2.53 bits per heavy atom. The van der Waals surface area contributed by atoms with Crippen LogP contribution in [0.25, 0.3) is 0 Å². The van der Waals surface area contributed by atoms with Gasteiger partial charge in [-0.1, -0.05) is 26.0 Å². The maximum absolute atomic E-state index is 13.8. The lowest BCUT2D eigenvalue weighted by Crippen LogP contribution is -2.60. The monoisotopic (exact) mass is 413 g/mol. The molecule has 30 heavy (non-hydrogen) atoms. The van der Waals surface area contributed by atoms with Gasteiger partial charge in [0.25, 0.3) is 0 Å². The number of aliphatic hydroxyl groups excluding tert-OH is 1. The van der Waals surface area contributed by atoms with Gasteiger partial charge in [-0.2, -0.15) is 0 Å². The molecule has 5 aliphatic rings. The highest BCUT2D eigenvalue weighted by atomic mass is 16.3. The molecular weight excluding hydrogens is 374 g/mol. The van der Waals surface area contributed by atoms with Gasteiger partial charge in [0.15, 0.2) is 0 Å². The highest BCUT2D eigenvalue weighted by molar-refractivity contribution is 5.91. The van der Waals surface area contributed by atoms with Gasteiger partial charge >= 0.3 is 0 Å². The first-order chi connectivity index (χ1) is 14.4. The molecule has 1 unspecified atom stereocenters. The van der Waals surface area contributed by atoms with E-state index in [1.807, 2.05) is 0 Å². The largest absolute Gasteiger partial charge is 0.396 e. The third kappa shape index (κ3) is 3.00. The quantitative estimate of drug-likeness (QED) is 0.691. The fourth-order valence-corrected chi connectivity index (χ4v) is 8.52. The Hall–Kier alpha value is -1.00. The third-order valence-corrected chi connectivity index (χ3v) is 10.4. The summed E-state index contributed by atoms with van der Waals surface area (Å²) in [7, 11) is 0. The molecule has 4 heteroatoms. The zero-order valence-corrected chi connectivity index (χ0v) is 18.7. The molecule has 9 atom stereocenters. The Morgan fingerprint density at radius 2 is 1.80 bits per heavy atom. The van der Waals surface area contributed by atoms with Gasteiger partial charge in [0.2, 0.25) is 0 Å². The summed E-state index contributed by atoms with van der Waals surface area (Å²) in [5.74, 6) is 2.49. The average molecular weight is 414 g/mol. The molecule has 1 heterocycles. The number of rotatable bonds is 3. The van der Waals surface area contributed by atoms with Crippen molar-refractivity contribution >= 4 is 11.6 Å². The summed E-state index contributed by atoms with van der Waals surface area (Å²) in [6.45, 7) is 6.73. The normalized spacial score (nSPS) is 51.1. The summed E-state index contributed by atoms with van der Waals surface area (Å²) < 4.78 is 0. The minimum Gasteiger partial charge on any atom is -0.396 e. The van der Waals surface area contributed by atoms with Crippen molar-refractivity contribution in [2.45, 2.75) is 65.2 Å². The van der Waals surface area contributed by atoms with E-state index in [1.54, 1.807) is 0 Å². The Bertz CT molecular complexity index is 741. The molecule has 166 valence electrons. The van der Waals surface area contributed by atoms with Crippen LogP contribution < -0.4 is 5.32 Å². The molecule has 4 nitrogen and oxygen atoms in total. The van der Waals surface area contributed by atoms with E-state index < -0.39 is 0 Å². The maximum Gasteiger partial charge on any atom is 0.142 e. The number of nitrogens with one attached hydrogen (secondary N) is 1. The number of hydrogen-bond acceptors (Lipinski definition) is 4. The molecule has 1 aliphatic heterocycles. The molecule has 2 N–H and O–H groups in total. The highest BCUT2D eigenvalue weighted by Gasteiger charge is 2.64. The molecule has 0 spiro atoms. The van der Waals surface area contributed by atoms with Crippen LogP contribution in [0, 0.1) is 52.3 Å². The molecule has 4 aliphatic carbocycles. The second-order valence-electron chi connectivity index (χ2n) is 11.6. The van der Waals surface area contributed by atoms with Gasteiger partial charge < -0.3 is 10.4 Å². The van der Waals surface area contributed by atoms with Crippen LogP contribution in [0.1, 0.15) is 65.2 Å². The van der Waals surface area contributed by atoms with Crippen molar-refractivity contribution in [1.29, 1.82) is 0 Å². The summed E-state index contributed by atoms with van der Waals surface area (Å²) in [6.07, 6.45) is 12.9. The lowest BCUT2D eigenvalue weighted by Gasteiger charge is -2.61. The van der Waals surface area contributed by atoms with Crippen LogP contribution >= 0.6 is 0 Å². The number of Topliss-reactive ketones (excluding diaryl/α,β-unsaturated/α-hetero) is 2. The van der Waals surface area contributed by atoms with E-state index in [4.69, 9.17) is 0 Å². The fraction of sp³-hybridized carbons (Fsp3) is 0.846. The molecular formula is C26H39NO3. The SMILES string of the molecule is C[C@]12CC[C@@H](C=C[C@@H]3CCNC3)CC1[C@@H](CO)C(=O)[C@@H]1[C@@H]2CC[C@]2(C)C(=O)CC[C@@H]12. The third-order valence-electron chi connectivity index (χ3n) is 10.4. The molecule has 5 fully saturated rings. The molecule has 0 aromatic carbocycles. The first-order valence-corrected chi connectivity index (χ1v) is 12.5. The van der Waals surface area contributed by atoms with Crippen LogP contribution in [0.3, 0.4) is 0 Å². The molecule has 0 radical (unpaired) electrons. The highest BCUT2D eigenvalue weighted by Crippen LogP contribution is 2.66. The summed E-state index contributed by atoms with van der Waals surface area (Å²) in [4.78, 5) is 26.4. The van der Waals surface area contributed by atoms with Crippen molar-refractivity contribution in [3.8, 4) is 0 Å². The van der Waals surface area contributed by atoms with Crippen LogP contribution in [0.5, 0.6) is 0 Å². The number of carbonyl (C=O) groups is 2. The molecule has 0 bridgehead atoms. The second kappa shape index (κ2) is 7.55. The van der Waals surface area contributed by atoms with Gasteiger partial charge in [-0.3, -0.25) is 9.59 Å². The van der Waals surface area contributed by atoms with Crippen LogP contribution in [-0.4, -0.2) is 36.4 Å². The number of carbonyl (C=O) groups excluding carboxylic acids is 2. The van der Waals surface area contributed by atoms with E-state index in [-0.39, 0.29) is 41.1 Å². The van der Waals surface area contributed by atoms with Gasteiger partial charge in [-0.05, 0) is 86.5 Å². The average Bonchev–Trinajstić information content (AvgIpc) is 3.36. The summed E-state index contributed by atoms with van der Waals surface area (Å²) >= 11 is 0. The van der Waals surface area contributed by atoms with Crippen molar-refractivity contribution in [3.63, 3.8) is 0 Å². The summed E-state index contributed by atoms with van der Waals surface area (Å²) in [5, 5.41) is 13.8. The van der Waals surface area contributed by atoms with Crippen LogP contribution in [0.15, 0.2) is 12.2 Å². The standard InChI is InChI=1S/C26H39NO3/c1-25-10-7-16(3-4-17-9-12-27-14-17)13-21(25)18(15-28)24(30)23-19-5-6-22(29)26(19,2)11-8-20(23)25/h3-4,16-21,23,27-28H,5-15H2,1-2H3/t16-,17-,18-,19+,20+,21?,23+,25-,26+/m1/s1. The molecule has 1 saturated heterocycles. The van der Waals surface area contributed by atoms with E-state index in [1.165, 1.54) is 12.8 Å². The van der Waals surface area contributed by atoms with E-state index >= 15 is 0 Å². The van der Waals surface area contributed by atoms with Gasteiger partial charge in [-0.15, -0.1) is 0 Å². The molecule has 4 saturated carbocycles. The maximum atomic E-state index is 13.8. The first kappa shape index (κ1) is 20.9. The van der Waals surface area contributed by atoms with E-state index in [2.05, 4.69) is 31.3 Å². The number of hydrogen-bond donors (Lipinski definition) is 2. The Balaban J connectivity index is 1.41. The first-order valence-electron chi connectivity index (χ1n) is 12.5. The van der Waals surface area contributed by atoms with Gasteiger partial charge in [0.05, 0.1) is 6.61 Å². The lowest BCUT2D eigenvalue weighted by molar-refractivity contribution is -0.171. The predicted octanol–water partition coefficient (Wildman–Crippen LogP) is 3.78. The van der Waals surface area contributed by atoms with Crippen LogP contribution in [0.2, 0.25) is 0 Å². The predicted molar refractivity (Wildman–Crippen MR) is 117 cm³/mol. The topological polar surface area (TPSA) is 66.4 Å². The van der Waals surface area contributed by atoms with Crippen molar-refractivity contribution < 1.29 is 14.7 Å². The minimum atomic E-state index is -0.296. The Labute approximate surface area is 181 Å². The number of ketones is 2. The molecule has 0 aromatic rings. The van der Waals surface area contributed by atoms with Crippen molar-refractivity contribution in [2.75, 3.05) is 19.7 Å². The van der Waals surface area contributed by atoms with Crippen molar-refractivity contribution in [2.24, 2.45) is 52.3 Å². The van der Waals surface area contributed by atoms with Crippen LogP contribution in [0.4, 0.5) is 0 Å². The Kier molecular flexibility index (Phi) is 5.25. The zero-order chi connectivity index (χ0) is 21.1. The van der Waals surface area contributed by atoms with E-state index in [9.17, 15) is 14.7 Å². The smallest absolute Gasteiger partial charge is 0.142 e. The number of fused-ring (bicyclic) bond motifs is 5. The van der Waals surface area contributed by atoms with E-state index in [0.717, 1.165) is 45.2 Å². The van der Waals surface area contributed by atoms with Gasteiger partial charge in [-0.25, -0.2) is 0 Å². The van der Waals surface area contributed by atoms with Crippen LogP contribution in [-0.2, 0) is 9.59 Å².